The van der Waals surface area contributed by atoms with Crippen LogP contribution in [0.15, 0.2) is 53.3 Å². The molecule has 1 aromatic heterocycles. The van der Waals surface area contributed by atoms with Crippen molar-refractivity contribution in [3.05, 3.63) is 76.0 Å². The molecule has 0 atom stereocenters. The van der Waals surface area contributed by atoms with Crippen molar-refractivity contribution in [2.24, 2.45) is 7.05 Å². The van der Waals surface area contributed by atoms with E-state index in [2.05, 4.69) is 10.4 Å². The molecule has 1 heterocycles. The number of amides is 1. The highest BCUT2D eigenvalue weighted by Crippen LogP contribution is 2.13. The maximum absolute atomic E-state index is 12.9. The van der Waals surface area contributed by atoms with Gasteiger partial charge in [0.25, 0.3) is 11.5 Å². The highest BCUT2D eigenvalue weighted by molar-refractivity contribution is 6.02. The van der Waals surface area contributed by atoms with Gasteiger partial charge in [0.05, 0.1) is 5.39 Å². The third-order valence-corrected chi connectivity index (χ3v) is 4.13. The van der Waals surface area contributed by atoms with E-state index in [0.29, 0.717) is 23.7 Å². The molecule has 1 amide bonds. The van der Waals surface area contributed by atoms with E-state index in [4.69, 9.17) is 4.74 Å². The van der Waals surface area contributed by atoms with E-state index < -0.39 is 18.5 Å². The largest absolute Gasteiger partial charge is 0.451 e. The summed E-state index contributed by atoms with van der Waals surface area (Å²) in [6.07, 6.45) is 0.521. The Labute approximate surface area is 159 Å². The Balaban J connectivity index is 1.57. The second kappa shape index (κ2) is 8.43. The summed E-state index contributed by atoms with van der Waals surface area (Å²) < 4.78 is 18.9. The van der Waals surface area contributed by atoms with E-state index in [9.17, 15) is 18.8 Å². The molecular formula is C20H18FN3O4. The number of fused-ring (bicyclic) bond motifs is 1. The van der Waals surface area contributed by atoms with Gasteiger partial charge in [-0.05, 0) is 30.2 Å². The number of carbonyl (C=O) groups is 2. The van der Waals surface area contributed by atoms with Crippen molar-refractivity contribution in [1.82, 2.24) is 15.1 Å². The van der Waals surface area contributed by atoms with Gasteiger partial charge >= 0.3 is 5.97 Å². The summed E-state index contributed by atoms with van der Waals surface area (Å²) in [6, 6.07) is 12.5. The first-order chi connectivity index (χ1) is 13.5. The maximum Gasteiger partial charge on any atom is 0.359 e. The SMILES string of the molecule is Cn1nc(C(=O)OCC(=O)NCCc2ccc(F)cc2)c2ccccc2c1=O. The van der Waals surface area contributed by atoms with Crippen LogP contribution in [0.1, 0.15) is 16.1 Å². The zero-order valence-electron chi connectivity index (χ0n) is 15.1. The van der Waals surface area contributed by atoms with Crippen LogP contribution in [0.25, 0.3) is 10.8 Å². The summed E-state index contributed by atoms with van der Waals surface area (Å²) in [6.45, 7) is -0.149. The lowest BCUT2D eigenvalue weighted by Gasteiger charge is -2.09. The minimum absolute atomic E-state index is 0.0307. The number of benzene rings is 2. The van der Waals surface area contributed by atoms with Crippen molar-refractivity contribution >= 4 is 22.6 Å². The molecule has 0 aliphatic rings. The van der Waals surface area contributed by atoms with Crippen LogP contribution >= 0.6 is 0 Å². The second-order valence-corrected chi connectivity index (χ2v) is 6.13. The highest BCUT2D eigenvalue weighted by atomic mass is 19.1. The van der Waals surface area contributed by atoms with E-state index >= 15 is 0 Å². The van der Waals surface area contributed by atoms with Gasteiger partial charge in [0.2, 0.25) is 0 Å². The first kappa shape index (κ1) is 19.2. The van der Waals surface area contributed by atoms with Crippen molar-refractivity contribution in [1.29, 1.82) is 0 Å². The molecule has 0 bridgehead atoms. The molecule has 28 heavy (non-hydrogen) atoms. The quantitative estimate of drug-likeness (QED) is 0.653. The summed E-state index contributed by atoms with van der Waals surface area (Å²) in [7, 11) is 1.44. The summed E-state index contributed by atoms with van der Waals surface area (Å²) in [5.74, 6) is -1.58. The van der Waals surface area contributed by atoms with Gasteiger partial charge < -0.3 is 10.1 Å². The Hall–Kier alpha value is -3.55. The van der Waals surface area contributed by atoms with Gasteiger partial charge in [-0.25, -0.2) is 13.9 Å². The lowest BCUT2D eigenvalue weighted by atomic mass is 10.1. The van der Waals surface area contributed by atoms with E-state index in [1.54, 1.807) is 36.4 Å². The number of aromatic nitrogens is 2. The lowest BCUT2D eigenvalue weighted by Crippen LogP contribution is -2.31. The smallest absolute Gasteiger partial charge is 0.359 e. The van der Waals surface area contributed by atoms with E-state index in [1.807, 2.05) is 0 Å². The number of aryl methyl sites for hydroxylation is 1. The number of hydrogen-bond donors (Lipinski definition) is 1. The van der Waals surface area contributed by atoms with Crippen LogP contribution in [0.5, 0.6) is 0 Å². The zero-order valence-corrected chi connectivity index (χ0v) is 15.1. The molecule has 0 aliphatic heterocycles. The topological polar surface area (TPSA) is 90.3 Å². The number of rotatable bonds is 6. The first-order valence-electron chi connectivity index (χ1n) is 8.60. The van der Waals surface area contributed by atoms with Crippen LogP contribution < -0.4 is 10.9 Å². The van der Waals surface area contributed by atoms with Gasteiger partial charge in [0, 0.05) is 19.0 Å². The third kappa shape index (κ3) is 4.40. The van der Waals surface area contributed by atoms with E-state index in [-0.39, 0.29) is 17.1 Å². The van der Waals surface area contributed by atoms with Crippen LogP contribution in [0.4, 0.5) is 4.39 Å². The van der Waals surface area contributed by atoms with E-state index in [1.165, 1.54) is 19.2 Å². The van der Waals surface area contributed by atoms with Gasteiger partial charge in [-0.3, -0.25) is 9.59 Å². The maximum atomic E-state index is 12.9. The van der Waals surface area contributed by atoms with Gasteiger partial charge in [-0.2, -0.15) is 5.10 Å². The number of halogens is 1. The van der Waals surface area contributed by atoms with Gasteiger partial charge in [0.1, 0.15) is 5.82 Å². The van der Waals surface area contributed by atoms with Gasteiger partial charge in [-0.15, -0.1) is 0 Å². The van der Waals surface area contributed by atoms with Crippen LogP contribution in [0, 0.1) is 5.82 Å². The minimum atomic E-state index is -0.791. The summed E-state index contributed by atoms with van der Waals surface area (Å²) in [5, 5.41) is 7.29. The van der Waals surface area contributed by atoms with Crippen LogP contribution in [-0.4, -0.2) is 34.8 Å². The Kier molecular flexibility index (Phi) is 5.78. The fraction of sp³-hybridized carbons (Fsp3) is 0.200. The van der Waals surface area contributed by atoms with Crippen LogP contribution in [0.3, 0.4) is 0 Å². The molecule has 0 radical (unpaired) electrons. The number of nitrogens with zero attached hydrogens (tertiary/aromatic N) is 2. The average Bonchev–Trinajstić information content (AvgIpc) is 2.70. The summed E-state index contributed by atoms with van der Waals surface area (Å²) >= 11 is 0. The molecule has 0 spiro atoms. The summed E-state index contributed by atoms with van der Waals surface area (Å²) in [5.41, 5.74) is 0.516. The molecule has 7 nitrogen and oxygen atoms in total. The van der Waals surface area contributed by atoms with Crippen molar-refractivity contribution in [3.63, 3.8) is 0 Å². The second-order valence-electron chi connectivity index (χ2n) is 6.13. The number of ether oxygens (including phenoxy) is 1. The van der Waals surface area contributed by atoms with E-state index in [0.717, 1.165) is 10.2 Å². The molecule has 3 aromatic rings. The molecular weight excluding hydrogens is 365 g/mol. The molecule has 0 aliphatic carbocycles. The van der Waals surface area contributed by atoms with Gasteiger partial charge in [0.15, 0.2) is 12.3 Å². The first-order valence-corrected chi connectivity index (χ1v) is 8.60. The Morgan fingerprint density at radius 1 is 1.11 bits per heavy atom. The van der Waals surface area contributed by atoms with Crippen LogP contribution in [0.2, 0.25) is 0 Å². The fourth-order valence-corrected chi connectivity index (χ4v) is 2.70. The molecule has 144 valence electrons. The number of hydrogen-bond acceptors (Lipinski definition) is 5. The number of carbonyl (C=O) groups excluding carboxylic acids is 2. The van der Waals surface area contributed by atoms with Crippen molar-refractivity contribution in [2.75, 3.05) is 13.2 Å². The highest BCUT2D eigenvalue weighted by Gasteiger charge is 2.18. The molecule has 0 unspecified atom stereocenters. The molecule has 1 N–H and O–H groups in total. The Bertz CT molecular complexity index is 1080. The predicted molar refractivity (Wildman–Crippen MR) is 100 cm³/mol. The zero-order chi connectivity index (χ0) is 20.1. The molecule has 3 rings (SSSR count). The normalized spacial score (nSPS) is 10.6. The van der Waals surface area contributed by atoms with Crippen molar-refractivity contribution < 1.29 is 18.7 Å². The number of esters is 1. The fourth-order valence-electron chi connectivity index (χ4n) is 2.70. The van der Waals surface area contributed by atoms with Gasteiger partial charge in [-0.1, -0.05) is 30.3 Å². The lowest BCUT2D eigenvalue weighted by molar-refractivity contribution is -0.124. The van der Waals surface area contributed by atoms with Crippen molar-refractivity contribution in [3.8, 4) is 0 Å². The number of nitrogens with one attached hydrogen (secondary N) is 1. The Morgan fingerprint density at radius 3 is 2.50 bits per heavy atom. The third-order valence-electron chi connectivity index (χ3n) is 4.13. The molecule has 0 saturated carbocycles. The predicted octanol–water partition coefficient (Wildman–Crippen LogP) is 1.59. The van der Waals surface area contributed by atoms with Crippen LogP contribution in [-0.2, 0) is 23.0 Å². The average molecular weight is 383 g/mol. The molecule has 2 aromatic carbocycles. The molecule has 0 fully saturated rings. The monoisotopic (exact) mass is 383 g/mol. The molecule has 0 saturated heterocycles. The van der Waals surface area contributed by atoms with Crippen molar-refractivity contribution in [2.45, 2.75) is 6.42 Å². The Morgan fingerprint density at radius 2 is 1.79 bits per heavy atom. The standard InChI is InChI=1S/C20H18FN3O4/c1-24-19(26)16-5-3-2-4-15(16)18(23-24)20(27)28-12-17(25)22-11-10-13-6-8-14(21)9-7-13/h2-9H,10-12H2,1H3,(H,22,25). The molecule has 8 heteroatoms. The minimum Gasteiger partial charge on any atom is -0.451 e. The summed E-state index contributed by atoms with van der Waals surface area (Å²) in [4.78, 5) is 36.3.